The molecule has 0 saturated carbocycles. The highest BCUT2D eigenvalue weighted by Crippen LogP contribution is 2.30. The molecule has 0 heterocycles. The molecule has 1 N–H and O–H groups in total. The summed E-state index contributed by atoms with van der Waals surface area (Å²) in [6.45, 7) is 1.98. The topological polar surface area (TPSA) is 46.5 Å². The molecule has 0 bridgehead atoms. The first-order valence-electron chi connectivity index (χ1n) is 4.24. The molecule has 0 aliphatic rings. The van der Waals surface area contributed by atoms with Gasteiger partial charge in [0.1, 0.15) is 11.3 Å². The molecule has 0 amide bonds. The number of carboxylic acid groups (broad SMARTS) is 1. The van der Waals surface area contributed by atoms with Crippen molar-refractivity contribution in [1.29, 1.82) is 0 Å². The zero-order chi connectivity index (χ0) is 10.7. The van der Waals surface area contributed by atoms with E-state index in [4.69, 9.17) is 9.84 Å². The van der Waals surface area contributed by atoms with E-state index in [1.165, 1.54) is 7.11 Å². The summed E-state index contributed by atoms with van der Waals surface area (Å²) in [7, 11) is 1.45. The average Bonchev–Trinajstić information content (AvgIpc) is 2.17. The standard InChI is InChI=1S/C10H12O3S/c1-3-6-4-5-7(10(11)12)8(13-2)9(6)14/h4-5,14H,3H2,1-2H3,(H,11,12). The number of carboxylic acids is 1. The lowest BCUT2D eigenvalue weighted by Gasteiger charge is -2.10. The van der Waals surface area contributed by atoms with E-state index in [-0.39, 0.29) is 5.56 Å². The van der Waals surface area contributed by atoms with Crippen molar-refractivity contribution in [2.45, 2.75) is 18.2 Å². The van der Waals surface area contributed by atoms with Gasteiger partial charge < -0.3 is 9.84 Å². The smallest absolute Gasteiger partial charge is 0.339 e. The zero-order valence-corrected chi connectivity index (χ0v) is 8.97. The van der Waals surface area contributed by atoms with Crippen LogP contribution in [-0.2, 0) is 6.42 Å². The molecule has 0 aliphatic carbocycles. The molecule has 1 rings (SSSR count). The molecule has 0 atom stereocenters. The average molecular weight is 212 g/mol. The van der Waals surface area contributed by atoms with Crippen LogP contribution in [0.25, 0.3) is 0 Å². The first-order valence-corrected chi connectivity index (χ1v) is 4.68. The summed E-state index contributed by atoms with van der Waals surface area (Å²) in [4.78, 5) is 11.4. The highest BCUT2D eigenvalue weighted by Gasteiger charge is 2.15. The van der Waals surface area contributed by atoms with Crippen molar-refractivity contribution < 1.29 is 14.6 Å². The predicted octanol–water partition coefficient (Wildman–Crippen LogP) is 2.24. The summed E-state index contributed by atoms with van der Waals surface area (Å²) in [5.41, 5.74) is 1.13. The van der Waals surface area contributed by atoms with Crippen LogP contribution >= 0.6 is 12.6 Å². The highest BCUT2D eigenvalue weighted by molar-refractivity contribution is 7.80. The molecule has 3 nitrogen and oxygen atoms in total. The van der Waals surface area contributed by atoms with Crippen molar-refractivity contribution in [1.82, 2.24) is 0 Å². The van der Waals surface area contributed by atoms with E-state index in [2.05, 4.69) is 12.6 Å². The molecule has 76 valence electrons. The third kappa shape index (κ3) is 1.85. The maximum absolute atomic E-state index is 10.8. The van der Waals surface area contributed by atoms with Gasteiger partial charge in [-0.25, -0.2) is 4.79 Å². The Morgan fingerprint density at radius 1 is 1.57 bits per heavy atom. The minimum absolute atomic E-state index is 0.148. The Labute approximate surface area is 88.1 Å². The SMILES string of the molecule is CCc1ccc(C(=O)O)c(OC)c1S. The lowest BCUT2D eigenvalue weighted by molar-refractivity contribution is 0.0693. The molecule has 0 saturated heterocycles. The van der Waals surface area contributed by atoms with Crippen LogP contribution in [0.5, 0.6) is 5.75 Å². The first-order chi connectivity index (χ1) is 6.61. The number of benzene rings is 1. The molecule has 0 spiro atoms. The second-order valence-electron chi connectivity index (χ2n) is 2.81. The number of ether oxygens (including phenoxy) is 1. The lowest BCUT2D eigenvalue weighted by Crippen LogP contribution is -2.02. The second kappa shape index (κ2) is 4.37. The molecule has 1 aromatic carbocycles. The van der Waals surface area contributed by atoms with Gasteiger partial charge in [0.25, 0.3) is 0 Å². The number of hydrogen-bond acceptors (Lipinski definition) is 3. The van der Waals surface area contributed by atoms with Crippen LogP contribution in [0.2, 0.25) is 0 Å². The van der Waals surface area contributed by atoms with Gasteiger partial charge in [-0.05, 0) is 18.1 Å². The first kappa shape index (κ1) is 10.9. The molecule has 0 aromatic heterocycles. The number of carbonyl (C=O) groups is 1. The van der Waals surface area contributed by atoms with Gasteiger partial charge in [0, 0.05) is 0 Å². The van der Waals surface area contributed by atoms with Crippen molar-refractivity contribution in [3.63, 3.8) is 0 Å². The Balaban J connectivity index is 3.35. The maximum Gasteiger partial charge on any atom is 0.339 e. The molecule has 14 heavy (non-hydrogen) atoms. The van der Waals surface area contributed by atoms with E-state index in [9.17, 15) is 4.79 Å². The second-order valence-corrected chi connectivity index (χ2v) is 3.26. The van der Waals surface area contributed by atoms with Crippen LogP contribution in [0.1, 0.15) is 22.8 Å². The quantitative estimate of drug-likeness (QED) is 0.755. The molecule has 0 radical (unpaired) electrons. The summed E-state index contributed by atoms with van der Waals surface area (Å²) >= 11 is 4.25. The number of aryl methyl sites for hydroxylation is 1. The van der Waals surface area contributed by atoms with Crippen LogP contribution in [0.3, 0.4) is 0 Å². The van der Waals surface area contributed by atoms with E-state index in [1.54, 1.807) is 12.1 Å². The summed E-state index contributed by atoms with van der Waals surface area (Å²) in [5.74, 6) is -0.667. The van der Waals surface area contributed by atoms with Gasteiger partial charge in [-0.15, -0.1) is 12.6 Å². The predicted molar refractivity (Wildman–Crippen MR) is 56.6 cm³/mol. The highest BCUT2D eigenvalue weighted by atomic mass is 32.1. The number of methoxy groups -OCH3 is 1. The molecule has 4 heteroatoms. The normalized spacial score (nSPS) is 9.93. The van der Waals surface area contributed by atoms with Crippen molar-refractivity contribution >= 4 is 18.6 Å². The number of rotatable bonds is 3. The Kier molecular flexibility index (Phi) is 3.41. The number of hydrogen-bond donors (Lipinski definition) is 2. The Morgan fingerprint density at radius 2 is 2.21 bits per heavy atom. The van der Waals surface area contributed by atoms with Crippen LogP contribution in [-0.4, -0.2) is 18.2 Å². The van der Waals surface area contributed by atoms with Gasteiger partial charge in [0.15, 0.2) is 0 Å². The molecule has 0 unspecified atom stereocenters. The molecular formula is C10H12O3S. The van der Waals surface area contributed by atoms with Gasteiger partial charge in [0.05, 0.1) is 12.0 Å². The van der Waals surface area contributed by atoms with Crippen LogP contribution in [0.15, 0.2) is 17.0 Å². The zero-order valence-electron chi connectivity index (χ0n) is 8.07. The van der Waals surface area contributed by atoms with Crippen LogP contribution in [0, 0.1) is 0 Å². The molecular weight excluding hydrogens is 200 g/mol. The van der Waals surface area contributed by atoms with Gasteiger partial charge in [-0.3, -0.25) is 0 Å². The third-order valence-corrected chi connectivity index (χ3v) is 2.52. The summed E-state index contributed by atoms with van der Waals surface area (Å²) < 4.78 is 5.02. The molecule has 0 aliphatic heterocycles. The monoisotopic (exact) mass is 212 g/mol. The fraction of sp³-hybridized carbons (Fsp3) is 0.300. The van der Waals surface area contributed by atoms with Gasteiger partial charge in [-0.2, -0.15) is 0 Å². The van der Waals surface area contributed by atoms with Gasteiger partial charge >= 0.3 is 5.97 Å². The van der Waals surface area contributed by atoms with E-state index in [0.29, 0.717) is 10.6 Å². The van der Waals surface area contributed by atoms with Crippen molar-refractivity contribution in [2.75, 3.05) is 7.11 Å². The summed E-state index contributed by atoms with van der Waals surface area (Å²) in [6, 6.07) is 3.30. The molecule has 0 fully saturated rings. The fourth-order valence-electron chi connectivity index (χ4n) is 1.27. The minimum atomic E-state index is -1.00. The summed E-state index contributed by atoms with van der Waals surface area (Å²) in [6.07, 6.45) is 0.801. The number of thiol groups is 1. The maximum atomic E-state index is 10.8. The van der Waals surface area contributed by atoms with Crippen LogP contribution < -0.4 is 4.74 Å². The minimum Gasteiger partial charge on any atom is -0.495 e. The van der Waals surface area contributed by atoms with Crippen molar-refractivity contribution in [3.8, 4) is 5.75 Å². The third-order valence-electron chi connectivity index (χ3n) is 2.03. The Morgan fingerprint density at radius 3 is 2.64 bits per heavy atom. The van der Waals surface area contributed by atoms with E-state index in [1.807, 2.05) is 6.92 Å². The fourth-order valence-corrected chi connectivity index (χ4v) is 1.72. The van der Waals surface area contributed by atoms with Crippen molar-refractivity contribution in [2.24, 2.45) is 0 Å². The van der Waals surface area contributed by atoms with Gasteiger partial charge in [0.2, 0.25) is 0 Å². The van der Waals surface area contributed by atoms with E-state index >= 15 is 0 Å². The van der Waals surface area contributed by atoms with E-state index < -0.39 is 5.97 Å². The van der Waals surface area contributed by atoms with Gasteiger partial charge in [-0.1, -0.05) is 13.0 Å². The summed E-state index contributed by atoms with van der Waals surface area (Å²) in [5, 5.41) is 8.87. The largest absolute Gasteiger partial charge is 0.495 e. The van der Waals surface area contributed by atoms with Crippen LogP contribution in [0.4, 0.5) is 0 Å². The Hall–Kier alpha value is -1.16. The van der Waals surface area contributed by atoms with Crippen molar-refractivity contribution in [3.05, 3.63) is 23.3 Å². The lowest BCUT2D eigenvalue weighted by atomic mass is 10.1. The molecule has 1 aromatic rings. The number of aromatic carboxylic acids is 1. The van der Waals surface area contributed by atoms with E-state index in [0.717, 1.165) is 12.0 Å². The Bertz CT molecular complexity index is 361.